The fourth-order valence-corrected chi connectivity index (χ4v) is 2.92. The number of halogens is 2. The predicted octanol–water partition coefficient (Wildman–Crippen LogP) is 2.92. The molecule has 2 atom stereocenters. The lowest BCUT2D eigenvalue weighted by Gasteiger charge is -2.40. The van der Waals surface area contributed by atoms with E-state index in [1.165, 1.54) is 6.07 Å². The lowest BCUT2D eigenvalue weighted by atomic mass is 9.85. The number of rotatable bonds is 4. The molecule has 2 unspecified atom stereocenters. The highest BCUT2D eigenvalue weighted by atomic mass is 79.9. The summed E-state index contributed by atoms with van der Waals surface area (Å²) >= 11 is 3.26. The van der Waals surface area contributed by atoms with E-state index < -0.39 is 0 Å². The van der Waals surface area contributed by atoms with Crippen LogP contribution in [0, 0.1) is 5.82 Å². The summed E-state index contributed by atoms with van der Waals surface area (Å²) in [5.74, 6) is 5.44. The van der Waals surface area contributed by atoms with Crippen LogP contribution in [0.3, 0.4) is 0 Å². The number of benzene rings is 1. The van der Waals surface area contributed by atoms with Crippen molar-refractivity contribution in [2.75, 3.05) is 6.61 Å². The molecular weight excluding hydrogens is 311 g/mol. The van der Waals surface area contributed by atoms with E-state index in [0.29, 0.717) is 12.0 Å². The number of hydrazine groups is 1. The molecule has 0 saturated carbocycles. The van der Waals surface area contributed by atoms with Gasteiger partial charge in [0.1, 0.15) is 5.82 Å². The number of nitrogens with two attached hydrogens (primary N) is 1. The minimum Gasteiger partial charge on any atom is -0.374 e. The van der Waals surface area contributed by atoms with Crippen LogP contribution in [0.15, 0.2) is 22.7 Å². The zero-order valence-corrected chi connectivity index (χ0v) is 12.7. The van der Waals surface area contributed by atoms with E-state index in [9.17, 15) is 4.39 Å². The third-order valence-corrected chi connectivity index (χ3v) is 4.37. The van der Waals surface area contributed by atoms with Crippen LogP contribution in [-0.2, 0) is 11.2 Å². The number of nitrogens with one attached hydrogen (secondary N) is 1. The zero-order valence-electron chi connectivity index (χ0n) is 11.1. The monoisotopic (exact) mass is 330 g/mol. The number of hydrogen-bond donors (Lipinski definition) is 2. The van der Waals surface area contributed by atoms with Crippen molar-refractivity contribution in [2.45, 2.75) is 44.2 Å². The molecule has 1 fully saturated rings. The molecule has 1 aromatic rings. The molecule has 1 aliphatic rings. The van der Waals surface area contributed by atoms with Gasteiger partial charge in [-0.2, -0.15) is 0 Å². The summed E-state index contributed by atoms with van der Waals surface area (Å²) in [6.45, 7) is 2.80. The lowest BCUT2D eigenvalue weighted by Crippen LogP contribution is -2.55. The van der Waals surface area contributed by atoms with Crippen molar-refractivity contribution in [3.8, 4) is 0 Å². The van der Waals surface area contributed by atoms with Crippen molar-refractivity contribution in [3.63, 3.8) is 0 Å². The molecule has 1 heterocycles. The molecule has 1 saturated heterocycles. The van der Waals surface area contributed by atoms with Gasteiger partial charge in [0.05, 0.1) is 11.6 Å². The van der Waals surface area contributed by atoms with Gasteiger partial charge in [-0.05, 0) is 50.3 Å². The van der Waals surface area contributed by atoms with Gasteiger partial charge in [0.2, 0.25) is 0 Å². The van der Waals surface area contributed by atoms with Gasteiger partial charge in [0.15, 0.2) is 0 Å². The van der Waals surface area contributed by atoms with Crippen molar-refractivity contribution in [2.24, 2.45) is 5.84 Å². The van der Waals surface area contributed by atoms with Gasteiger partial charge >= 0.3 is 0 Å². The largest absolute Gasteiger partial charge is 0.374 e. The first-order chi connectivity index (χ1) is 9.05. The minimum absolute atomic E-state index is 0.0940. The van der Waals surface area contributed by atoms with Crippen molar-refractivity contribution >= 4 is 15.9 Å². The first kappa shape index (κ1) is 14.9. The molecule has 0 aromatic heterocycles. The van der Waals surface area contributed by atoms with Gasteiger partial charge in [0, 0.05) is 11.1 Å². The molecule has 3 N–H and O–H groups in total. The SMILES string of the molecule is CC1(C(Cc2ccc(Br)cc2F)NN)CCCCO1. The zero-order chi connectivity index (χ0) is 13.9. The van der Waals surface area contributed by atoms with Crippen LogP contribution >= 0.6 is 15.9 Å². The van der Waals surface area contributed by atoms with E-state index in [-0.39, 0.29) is 17.5 Å². The van der Waals surface area contributed by atoms with Crippen molar-refractivity contribution in [3.05, 3.63) is 34.1 Å². The van der Waals surface area contributed by atoms with Crippen LogP contribution in [0.2, 0.25) is 0 Å². The van der Waals surface area contributed by atoms with Gasteiger partial charge in [-0.3, -0.25) is 11.3 Å². The molecule has 3 nitrogen and oxygen atoms in total. The summed E-state index contributed by atoms with van der Waals surface area (Å²) in [5.41, 5.74) is 3.13. The Morgan fingerprint density at radius 2 is 2.32 bits per heavy atom. The molecule has 0 amide bonds. The van der Waals surface area contributed by atoms with Crippen LogP contribution < -0.4 is 11.3 Å². The Morgan fingerprint density at radius 3 is 2.89 bits per heavy atom. The van der Waals surface area contributed by atoms with E-state index in [0.717, 1.165) is 30.3 Å². The van der Waals surface area contributed by atoms with E-state index >= 15 is 0 Å². The first-order valence-corrected chi connectivity index (χ1v) is 7.38. The average molecular weight is 331 g/mol. The smallest absolute Gasteiger partial charge is 0.127 e. The predicted molar refractivity (Wildman–Crippen MR) is 77.1 cm³/mol. The highest BCUT2D eigenvalue weighted by Crippen LogP contribution is 2.30. The summed E-state index contributed by atoms with van der Waals surface area (Å²) in [7, 11) is 0. The van der Waals surface area contributed by atoms with Crippen LogP contribution in [0.4, 0.5) is 4.39 Å². The lowest BCUT2D eigenvalue weighted by molar-refractivity contribution is -0.0885. The standard InChI is InChI=1S/C14H20BrFN2O/c1-14(6-2-3-7-19-14)13(18-17)8-10-4-5-11(15)9-12(10)16/h4-5,9,13,18H,2-3,6-8,17H2,1H3. The van der Waals surface area contributed by atoms with Crippen LogP contribution in [0.1, 0.15) is 31.7 Å². The van der Waals surface area contributed by atoms with E-state index in [1.807, 2.05) is 13.0 Å². The maximum absolute atomic E-state index is 13.9. The van der Waals surface area contributed by atoms with E-state index in [1.54, 1.807) is 6.07 Å². The molecule has 5 heteroatoms. The van der Waals surface area contributed by atoms with Gasteiger partial charge < -0.3 is 4.74 Å². The normalized spacial score (nSPS) is 25.3. The van der Waals surface area contributed by atoms with Crippen LogP contribution in [0.25, 0.3) is 0 Å². The maximum Gasteiger partial charge on any atom is 0.127 e. The molecule has 2 rings (SSSR count). The summed E-state index contributed by atoms with van der Waals surface area (Å²) in [6, 6.07) is 5.02. The van der Waals surface area contributed by atoms with Crippen LogP contribution in [0.5, 0.6) is 0 Å². The number of ether oxygens (including phenoxy) is 1. The quantitative estimate of drug-likeness (QED) is 0.659. The highest BCUT2D eigenvalue weighted by Gasteiger charge is 2.36. The molecule has 0 spiro atoms. The summed E-state index contributed by atoms with van der Waals surface area (Å²) in [5, 5.41) is 0. The maximum atomic E-state index is 13.9. The molecule has 19 heavy (non-hydrogen) atoms. The Kier molecular flexibility index (Phi) is 4.95. The third-order valence-electron chi connectivity index (χ3n) is 3.88. The summed E-state index contributed by atoms with van der Waals surface area (Å²) in [6.07, 6.45) is 3.67. The average Bonchev–Trinajstić information content (AvgIpc) is 2.38. The van der Waals surface area contributed by atoms with Gasteiger partial charge in [0.25, 0.3) is 0 Å². The Balaban J connectivity index is 2.14. The highest BCUT2D eigenvalue weighted by molar-refractivity contribution is 9.10. The molecule has 106 valence electrons. The minimum atomic E-state index is -0.327. The first-order valence-electron chi connectivity index (χ1n) is 6.59. The third kappa shape index (κ3) is 3.54. The van der Waals surface area contributed by atoms with Gasteiger partial charge in [-0.1, -0.05) is 22.0 Å². The summed E-state index contributed by atoms with van der Waals surface area (Å²) in [4.78, 5) is 0. The second kappa shape index (κ2) is 6.31. The fraction of sp³-hybridized carbons (Fsp3) is 0.571. The Hall–Kier alpha value is -0.490. The molecule has 1 aromatic carbocycles. The van der Waals surface area contributed by atoms with Crippen molar-refractivity contribution < 1.29 is 9.13 Å². The van der Waals surface area contributed by atoms with Gasteiger partial charge in [-0.25, -0.2) is 4.39 Å². The molecule has 0 bridgehead atoms. The van der Waals surface area contributed by atoms with Crippen molar-refractivity contribution in [1.29, 1.82) is 0 Å². The van der Waals surface area contributed by atoms with E-state index in [4.69, 9.17) is 10.6 Å². The second-order valence-corrected chi connectivity index (χ2v) is 6.19. The molecule has 0 aliphatic carbocycles. The fourth-order valence-electron chi connectivity index (χ4n) is 2.59. The Bertz CT molecular complexity index is 435. The van der Waals surface area contributed by atoms with Gasteiger partial charge in [-0.15, -0.1) is 0 Å². The topological polar surface area (TPSA) is 47.3 Å². The van der Waals surface area contributed by atoms with E-state index in [2.05, 4.69) is 21.4 Å². The molecule has 1 aliphatic heterocycles. The van der Waals surface area contributed by atoms with Crippen molar-refractivity contribution in [1.82, 2.24) is 5.43 Å². The van der Waals surface area contributed by atoms with Crippen LogP contribution in [-0.4, -0.2) is 18.2 Å². The Labute approximate surface area is 121 Å². The molecule has 0 radical (unpaired) electrons. The molecular formula is C14H20BrFN2O. The second-order valence-electron chi connectivity index (χ2n) is 5.28. The summed E-state index contributed by atoms with van der Waals surface area (Å²) < 4.78 is 20.5. The Morgan fingerprint density at radius 1 is 1.53 bits per heavy atom. The number of hydrogen-bond acceptors (Lipinski definition) is 3.